The van der Waals surface area contributed by atoms with E-state index in [2.05, 4.69) is 70.4 Å². The van der Waals surface area contributed by atoms with Gasteiger partial charge in [-0.05, 0) is 61.5 Å². The summed E-state index contributed by atoms with van der Waals surface area (Å²) in [5, 5.41) is 13.3. The van der Waals surface area contributed by atoms with Gasteiger partial charge in [-0.25, -0.2) is 0 Å². The Hall–Kier alpha value is -3.42. The Labute approximate surface area is 215 Å². The monoisotopic (exact) mass is 489 g/mol. The van der Waals surface area contributed by atoms with E-state index in [1.54, 1.807) is 6.07 Å². The molecule has 3 aromatic carbocycles. The van der Waals surface area contributed by atoms with Crippen molar-refractivity contribution in [3.05, 3.63) is 66.2 Å². The van der Waals surface area contributed by atoms with Gasteiger partial charge in [0.15, 0.2) is 0 Å². The molecule has 192 valence electrons. The summed E-state index contributed by atoms with van der Waals surface area (Å²) in [4.78, 5) is 7.15. The molecule has 0 bridgehead atoms. The highest BCUT2D eigenvalue weighted by atomic mass is 16.5. The molecule has 4 N–H and O–H groups in total. The highest BCUT2D eigenvalue weighted by Gasteiger charge is 2.15. The quantitative estimate of drug-likeness (QED) is 0.373. The number of piperazine rings is 1. The Kier molecular flexibility index (Phi) is 8.57. The van der Waals surface area contributed by atoms with Crippen LogP contribution in [0.1, 0.15) is 5.56 Å². The molecule has 0 saturated carbocycles. The maximum Gasteiger partial charge on any atom is 0.146 e. The number of hydrogen-bond donors (Lipinski definition) is 3. The second-order valence-corrected chi connectivity index (χ2v) is 9.43. The van der Waals surface area contributed by atoms with Gasteiger partial charge in [0.25, 0.3) is 0 Å². The number of nitrogens with one attached hydrogen (secondary N) is 1. The van der Waals surface area contributed by atoms with E-state index >= 15 is 0 Å². The number of hydrogen-bond acceptors (Lipinski definition) is 7. The Morgan fingerprint density at radius 1 is 0.861 bits per heavy atom. The van der Waals surface area contributed by atoms with Gasteiger partial charge in [0.2, 0.25) is 0 Å². The molecule has 2 saturated heterocycles. The molecule has 0 radical (unpaired) electrons. The van der Waals surface area contributed by atoms with Crippen molar-refractivity contribution in [1.82, 2.24) is 4.90 Å². The van der Waals surface area contributed by atoms with Crippen LogP contribution in [0.5, 0.6) is 5.75 Å². The Morgan fingerprint density at radius 2 is 1.58 bits per heavy atom. The summed E-state index contributed by atoms with van der Waals surface area (Å²) >= 11 is 0. The second-order valence-electron chi connectivity index (χ2n) is 9.43. The van der Waals surface area contributed by atoms with Gasteiger partial charge in [-0.15, -0.1) is 0 Å². The van der Waals surface area contributed by atoms with Crippen molar-refractivity contribution < 1.29 is 9.84 Å². The lowest BCUT2D eigenvalue weighted by atomic mass is 10.0. The van der Waals surface area contributed by atoms with E-state index in [1.807, 2.05) is 25.2 Å². The fraction of sp³-hybridized carbons (Fsp3) is 0.379. The minimum atomic E-state index is 0.149. The zero-order valence-corrected chi connectivity index (χ0v) is 21.7. The van der Waals surface area contributed by atoms with Gasteiger partial charge in [-0.3, -0.25) is 0 Å². The number of ether oxygens (including phenoxy) is 1. The van der Waals surface area contributed by atoms with Gasteiger partial charge in [-0.1, -0.05) is 24.3 Å². The maximum absolute atomic E-state index is 10.1. The Morgan fingerprint density at radius 3 is 2.28 bits per heavy atom. The highest BCUT2D eigenvalue weighted by molar-refractivity contribution is 5.78. The van der Waals surface area contributed by atoms with Gasteiger partial charge in [0.05, 0.1) is 18.9 Å². The van der Waals surface area contributed by atoms with Crippen LogP contribution in [0.25, 0.3) is 11.1 Å². The molecule has 3 aromatic rings. The van der Waals surface area contributed by atoms with Crippen LogP contribution in [0.4, 0.5) is 22.7 Å². The van der Waals surface area contributed by atoms with E-state index in [0.29, 0.717) is 5.69 Å². The Balaban J connectivity index is 0.000000179. The van der Waals surface area contributed by atoms with E-state index in [0.717, 1.165) is 63.6 Å². The van der Waals surface area contributed by atoms with Crippen molar-refractivity contribution in [2.75, 3.05) is 87.4 Å². The van der Waals surface area contributed by atoms with Crippen molar-refractivity contribution >= 4 is 22.7 Å². The Bertz CT molecular complexity index is 1140. The van der Waals surface area contributed by atoms with Crippen molar-refractivity contribution in [3.8, 4) is 16.9 Å². The number of nitrogens with zero attached hydrogens (tertiary/aromatic N) is 3. The number of rotatable bonds is 4. The van der Waals surface area contributed by atoms with Crippen LogP contribution in [0, 0.1) is 6.92 Å². The lowest BCUT2D eigenvalue weighted by Crippen LogP contribution is -2.44. The molecule has 7 heteroatoms. The molecule has 2 aliphatic heterocycles. The largest absolute Gasteiger partial charge is 0.505 e. The number of aryl methyl sites for hydroxylation is 1. The molecular formula is C29H39N5O2. The summed E-state index contributed by atoms with van der Waals surface area (Å²) in [6, 6.07) is 20.3. The third-order valence-corrected chi connectivity index (χ3v) is 6.93. The van der Waals surface area contributed by atoms with Gasteiger partial charge < -0.3 is 35.6 Å². The molecule has 2 aliphatic rings. The normalized spacial score (nSPS) is 16.3. The molecule has 0 unspecified atom stereocenters. The third kappa shape index (κ3) is 6.22. The maximum atomic E-state index is 10.1. The number of aromatic hydroxyl groups is 1. The summed E-state index contributed by atoms with van der Waals surface area (Å²) in [6.45, 7) is 10.1. The molecular weight excluding hydrogens is 450 g/mol. The van der Waals surface area contributed by atoms with Crippen molar-refractivity contribution in [2.45, 2.75) is 6.92 Å². The summed E-state index contributed by atoms with van der Waals surface area (Å²) in [5.74, 6) is 0.149. The fourth-order valence-corrected chi connectivity index (χ4v) is 4.70. The molecule has 0 atom stereocenters. The molecule has 5 rings (SSSR count). The van der Waals surface area contributed by atoms with Crippen LogP contribution in [0.3, 0.4) is 0 Å². The van der Waals surface area contributed by atoms with Crippen molar-refractivity contribution in [1.29, 1.82) is 0 Å². The van der Waals surface area contributed by atoms with Crippen LogP contribution in [-0.4, -0.2) is 76.6 Å². The number of phenolic OH excluding ortho intramolecular Hbond substituents is 1. The predicted molar refractivity (Wildman–Crippen MR) is 151 cm³/mol. The highest BCUT2D eigenvalue weighted by Crippen LogP contribution is 2.35. The van der Waals surface area contributed by atoms with Crippen LogP contribution in [-0.2, 0) is 4.74 Å². The first-order chi connectivity index (χ1) is 17.5. The van der Waals surface area contributed by atoms with Crippen molar-refractivity contribution in [3.63, 3.8) is 0 Å². The number of anilines is 4. The van der Waals surface area contributed by atoms with Gasteiger partial charge >= 0.3 is 0 Å². The zero-order chi connectivity index (χ0) is 25.5. The summed E-state index contributed by atoms with van der Waals surface area (Å²) in [6.07, 6.45) is 0. The smallest absolute Gasteiger partial charge is 0.146 e. The van der Waals surface area contributed by atoms with E-state index in [4.69, 9.17) is 10.5 Å². The lowest BCUT2D eigenvalue weighted by molar-refractivity contribution is 0.122. The molecule has 2 heterocycles. The first-order valence-corrected chi connectivity index (χ1v) is 12.7. The third-order valence-electron chi connectivity index (χ3n) is 6.93. The minimum Gasteiger partial charge on any atom is -0.505 e. The van der Waals surface area contributed by atoms with Crippen LogP contribution < -0.4 is 20.9 Å². The van der Waals surface area contributed by atoms with Crippen LogP contribution in [0.2, 0.25) is 0 Å². The number of morpholine rings is 1. The van der Waals surface area contributed by atoms with Gasteiger partial charge in [0, 0.05) is 68.9 Å². The first-order valence-electron chi connectivity index (χ1n) is 12.7. The average molecular weight is 490 g/mol. The van der Waals surface area contributed by atoms with E-state index in [-0.39, 0.29) is 5.75 Å². The van der Waals surface area contributed by atoms with Crippen molar-refractivity contribution in [2.24, 2.45) is 0 Å². The fourth-order valence-electron chi connectivity index (χ4n) is 4.70. The first kappa shape index (κ1) is 25.7. The lowest BCUT2D eigenvalue weighted by Gasteiger charge is -2.34. The van der Waals surface area contributed by atoms with E-state index < -0.39 is 0 Å². The van der Waals surface area contributed by atoms with Gasteiger partial charge in [-0.2, -0.15) is 0 Å². The average Bonchev–Trinajstić information content (AvgIpc) is 2.91. The van der Waals surface area contributed by atoms with Gasteiger partial charge in [0.1, 0.15) is 5.75 Å². The predicted octanol–water partition coefficient (Wildman–Crippen LogP) is 4.27. The molecule has 36 heavy (non-hydrogen) atoms. The van der Waals surface area contributed by atoms with Crippen LogP contribution >= 0.6 is 0 Å². The summed E-state index contributed by atoms with van der Waals surface area (Å²) in [7, 11) is 4.14. The van der Waals surface area contributed by atoms with E-state index in [9.17, 15) is 5.11 Å². The molecule has 0 aliphatic carbocycles. The SMILES string of the molecule is CNc1cccc(N2CCN(C)CC2)c1.Cc1cc(-c2cccc(N)c2O)ccc1N1CCOCC1. The summed E-state index contributed by atoms with van der Waals surface area (Å²) < 4.78 is 5.39. The number of nitrogen functional groups attached to an aromatic ring is 1. The number of likely N-dealkylation sites (N-methyl/N-ethyl adjacent to an activating group) is 1. The zero-order valence-electron chi connectivity index (χ0n) is 21.7. The molecule has 0 spiro atoms. The standard InChI is InChI=1S/C17H20N2O2.C12H19N3/c1-12-11-13(14-3-2-4-15(18)17(14)20)5-6-16(12)19-7-9-21-10-8-19;1-13-11-4-3-5-12(10-11)15-8-6-14(2)7-9-15/h2-6,11,20H,7-10,18H2,1H3;3-5,10,13H,6-9H2,1-2H3. The molecule has 0 amide bonds. The topological polar surface area (TPSA) is 77.2 Å². The number of para-hydroxylation sites is 1. The minimum absolute atomic E-state index is 0.149. The molecule has 7 nitrogen and oxygen atoms in total. The summed E-state index contributed by atoms with van der Waals surface area (Å²) in [5.41, 5.74) is 12.9. The number of nitrogens with two attached hydrogens (primary N) is 1. The second kappa shape index (κ2) is 12.0. The molecule has 0 aromatic heterocycles. The van der Waals surface area contributed by atoms with Crippen LogP contribution in [0.15, 0.2) is 60.7 Å². The van der Waals surface area contributed by atoms with E-state index in [1.165, 1.54) is 22.6 Å². The number of phenols is 1. The number of benzene rings is 3. The molecule has 2 fully saturated rings.